The number of fused-ring (bicyclic) bond motifs is 6. The molecule has 0 N–H and O–H groups in total. The Balaban J connectivity index is 1.43. The van der Waals surface area contributed by atoms with Crippen molar-refractivity contribution in [2.75, 3.05) is 0 Å². The Hall–Kier alpha value is -6.88. The Morgan fingerprint density at radius 1 is 0.412 bits per heavy atom. The average molecular weight is 653 g/mol. The van der Waals surface area contributed by atoms with Crippen molar-refractivity contribution in [1.29, 1.82) is 10.5 Å². The predicted octanol–water partition coefficient (Wildman–Crippen LogP) is 11.9. The van der Waals surface area contributed by atoms with Gasteiger partial charge in [-0.3, -0.25) is 0 Å². The first kappa shape index (κ1) is 30.2. The molecule has 9 rings (SSSR count). The molecular weight excluding hydrogens is 621 g/mol. The van der Waals surface area contributed by atoms with Gasteiger partial charge in [0.05, 0.1) is 56.7 Å². The van der Waals surface area contributed by atoms with Crippen LogP contribution in [0.3, 0.4) is 0 Å². The summed E-state index contributed by atoms with van der Waals surface area (Å²) in [6.07, 6.45) is 0. The quantitative estimate of drug-likeness (QED) is 0.190. The number of rotatable bonds is 4. The second kappa shape index (κ2) is 11.6. The minimum Gasteiger partial charge on any atom is -0.309 e. The molecule has 51 heavy (non-hydrogen) atoms. The van der Waals surface area contributed by atoms with Crippen molar-refractivity contribution >= 4 is 43.6 Å². The number of nitrogens with zero attached hydrogens (tertiary/aromatic N) is 4. The van der Waals surface area contributed by atoms with E-state index in [0.29, 0.717) is 11.1 Å². The van der Waals surface area contributed by atoms with E-state index in [1.165, 1.54) is 32.7 Å². The van der Waals surface area contributed by atoms with Gasteiger partial charge < -0.3 is 9.13 Å². The summed E-state index contributed by atoms with van der Waals surface area (Å²) >= 11 is 0. The number of benzene rings is 7. The fraction of sp³-hybridized carbons (Fsp3) is 0.0638. The third-order valence-corrected chi connectivity index (χ3v) is 10.2. The second-order valence-corrected chi connectivity index (χ2v) is 13.5. The fourth-order valence-corrected chi connectivity index (χ4v) is 7.88. The summed E-state index contributed by atoms with van der Waals surface area (Å²) in [4.78, 5) is 0. The Bertz CT molecular complexity index is 2980. The van der Waals surface area contributed by atoms with E-state index in [0.717, 1.165) is 61.3 Å². The van der Waals surface area contributed by atoms with Crippen LogP contribution in [0.2, 0.25) is 0 Å². The van der Waals surface area contributed by atoms with Gasteiger partial charge in [0.25, 0.3) is 0 Å². The van der Waals surface area contributed by atoms with E-state index in [1.54, 1.807) is 0 Å². The molecule has 0 spiro atoms. The molecule has 0 saturated carbocycles. The van der Waals surface area contributed by atoms with Crippen molar-refractivity contribution in [3.05, 3.63) is 167 Å². The lowest BCUT2D eigenvalue weighted by Crippen LogP contribution is -2.02. The topological polar surface area (TPSA) is 57.4 Å². The first-order valence-electron chi connectivity index (χ1n) is 17.1. The van der Waals surface area contributed by atoms with Crippen LogP contribution in [0.4, 0.5) is 0 Å². The molecule has 0 saturated heterocycles. The number of para-hydroxylation sites is 2. The number of nitriles is 2. The van der Waals surface area contributed by atoms with Crippen molar-refractivity contribution in [3.8, 4) is 45.8 Å². The summed E-state index contributed by atoms with van der Waals surface area (Å²) in [5.74, 6) is 0. The predicted molar refractivity (Wildman–Crippen MR) is 210 cm³/mol. The molecular formula is C47H32N4. The maximum atomic E-state index is 10.3. The van der Waals surface area contributed by atoms with Crippen LogP contribution in [0.25, 0.3) is 77.2 Å². The zero-order chi connectivity index (χ0) is 34.8. The average Bonchev–Trinajstić information content (AvgIpc) is 3.66. The van der Waals surface area contributed by atoms with Gasteiger partial charge in [0, 0.05) is 32.7 Å². The highest BCUT2D eigenvalue weighted by Crippen LogP contribution is 2.43. The van der Waals surface area contributed by atoms with E-state index in [4.69, 9.17) is 0 Å². The molecule has 0 amide bonds. The number of aryl methyl sites for hydroxylation is 3. The Kier molecular flexibility index (Phi) is 6.88. The highest BCUT2D eigenvalue weighted by molar-refractivity contribution is 6.11. The van der Waals surface area contributed by atoms with Crippen LogP contribution >= 0.6 is 0 Å². The molecule has 0 bridgehead atoms. The largest absolute Gasteiger partial charge is 0.309 e. The van der Waals surface area contributed by atoms with Crippen LogP contribution in [0.1, 0.15) is 27.8 Å². The van der Waals surface area contributed by atoms with E-state index < -0.39 is 0 Å². The molecule has 4 nitrogen and oxygen atoms in total. The minimum absolute atomic E-state index is 0.592. The van der Waals surface area contributed by atoms with Crippen molar-refractivity contribution in [2.45, 2.75) is 20.8 Å². The van der Waals surface area contributed by atoms with Gasteiger partial charge >= 0.3 is 0 Å². The van der Waals surface area contributed by atoms with E-state index in [-0.39, 0.29) is 0 Å². The molecule has 0 radical (unpaired) electrons. The smallest absolute Gasteiger partial charge is 0.0991 e. The van der Waals surface area contributed by atoms with Crippen LogP contribution in [0.15, 0.2) is 140 Å². The van der Waals surface area contributed by atoms with Gasteiger partial charge in [0.1, 0.15) is 0 Å². The Labute approximate surface area is 296 Å². The highest BCUT2D eigenvalue weighted by Gasteiger charge is 2.22. The Morgan fingerprint density at radius 3 is 1.47 bits per heavy atom. The lowest BCUT2D eigenvalue weighted by atomic mass is 9.92. The zero-order valence-corrected chi connectivity index (χ0v) is 28.6. The molecule has 0 atom stereocenters. The van der Waals surface area contributed by atoms with E-state index in [2.05, 4.69) is 151 Å². The van der Waals surface area contributed by atoms with E-state index >= 15 is 0 Å². The van der Waals surface area contributed by atoms with E-state index in [9.17, 15) is 10.5 Å². The molecule has 9 aromatic rings. The maximum Gasteiger partial charge on any atom is 0.0991 e. The lowest BCUT2D eigenvalue weighted by Gasteiger charge is -2.20. The van der Waals surface area contributed by atoms with Crippen molar-refractivity contribution in [1.82, 2.24) is 9.13 Å². The summed E-state index contributed by atoms with van der Waals surface area (Å²) in [7, 11) is 0. The van der Waals surface area contributed by atoms with Crippen molar-refractivity contribution in [2.24, 2.45) is 0 Å². The van der Waals surface area contributed by atoms with Gasteiger partial charge in [0.15, 0.2) is 0 Å². The number of aromatic nitrogens is 2. The monoisotopic (exact) mass is 652 g/mol. The molecule has 0 fully saturated rings. The lowest BCUT2D eigenvalue weighted by molar-refractivity contribution is 1.16. The first-order chi connectivity index (χ1) is 24.9. The van der Waals surface area contributed by atoms with Crippen LogP contribution < -0.4 is 0 Å². The molecule has 0 aliphatic carbocycles. The third kappa shape index (κ3) is 4.73. The van der Waals surface area contributed by atoms with Gasteiger partial charge in [-0.05, 0) is 116 Å². The van der Waals surface area contributed by atoms with Gasteiger partial charge in [-0.25, -0.2) is 0 Å². The van der Waals surface area contributed by atoms with Crippen LogP contribution in [0, 0.1) is 43.4 Å². The van der Waals surface area contributed by atoms with E-state index in [1.807, 2.05) is 30.3 Å². The van der Waals surface area contributed by atoms with Crippen LogP contribution in [0.5, 0.6) is 0 Å². The molecule has 7 aromatic carbocycles. The summed E-state index contributed by atoms with van der Waals surface area (Å²) in [6.45, 7) is 6.33. The molecule has 0 aliphatic heterocycles. The highest BCUT2D eigenvalue weighted by atomic mass is 15.0. The van der Waals surface area contributed by atoms with Gasteiger partial charge in [-0.1, -0.05) is 71.8 Å². The van der Waals surface area contributed by atoms with Crippen LogP contribution in [-0.4, -0.2) is 9.13 Å². The maximum absolute atomic E-state index is 10.3. The molecule has 4 heteroatoms. The van der Waals surface area contributed by atoms with Gasteiger partial charge in [-0.15, -0.1) is 0 Å². The van der Waals surface area contributed by atoms with Crippen LogP contribution in [-0.2, 0) is 0 Å². The standard InChI is InChI=1S/C47H32N4/c1-29-12-18-44-38(22-29)36-8-4-6-10-42(36)50(44)46-20-15-33(28-49)25-40(46)41-26-34(35-17-14-32(27-48)24-31(35)3)16-21-47(41)51-43-11-7-5-9-37(43)39-23-30(2)13-19-45(39)51/h4-26H,1-3H3. The molecule has 0 aliphatic rings. The summed E-state index contributed by atoms with van der Waals surface area (Å²) in [5.41, 5.74) is 15.2. The number of hydrogen-bond acceptors (Lipinski definition) is 2. The van der Waals surface area contributed by atoms with Gasteiger partial charge in [0.2, 0.25) is 0 Å². The minimum atomic E-state index is 0.592. The Morgan fingerprint density at radius 2 is 0.902 bits per heavy atom. The number of hydrogen-bond donors (Lipinski definition) is 0. The van der Waals surface area contributed by atoms with Gasteiger partial charge in [-0.2, -0.15) is 10.5 Å². The normalized spacial score (nSPS) is 11.4. The zero-order valence-electron chi connectivity index (χ0n) is 28.6. The summed E-state index contributed by atoms with van der Waals surface area (Å²) in [6, 6.07) is 53.7. The fourth-order valence-electron chi connectivity index (χ4n) is 7.88. The molecule has 0 unspecified atom stereocenters. The van der Waals surface area contributed by atoms with Crippen molar-refractivity contribution < 1.29 is 0 Å². The SMILES string of the molecule is Cc1ccc2c(c1)c1ccccc1n2-c1ccc(C#N)cc1-c1cc(-c2ccc(C#N)cc2C)ccc1-n1c2ccccc2c2cc(C)ccc21. The summed E-state index contributed by atoms with van der Waals surface area (Å²) in [5, 5.41) is 24.7. The molecule has 240 valence electrons. The third-order valence-electron chi connectivity index (χ3n) is 10.2. The van der Waals surface area contributed by atoms with Crippen molar-refractivity contribution in [3.63, 3.8) is 0 Å². The second-order valence-electron chi connectivity index (χ2n) is 13.5. The first-order valence-corrected chi connectivity index (χ1v) is 17.1. The molecule has 2 heterocycles. The summed E-state index contributed by atoms with van der Waals surface area (Å²) < 4.78 is 4.71. The molecule has 2 aromatic heterocycles.